The van der Waals surface area contributed by atoms with Crippen LogP contribution < -0.4 is 15.3 Å². The van der Waals surface area contributed by atoms with E-state index in [1.54, 1.807) is 36.4 Å². The Kier molecular flexibility index (Phi) is 4.27. The van der Waals surface area contributed by atoms with Crippen LogP contribution in [0.15, 0.2) is 51.7 Å². The van der Waals surface area contributed by atoms with Crippen molar-refractivity contribution < 1.29 is 19.1 Å². The minimum Gasteiger partial charge on any atom is -0.546 e. The van der Waals surface area contributed by atoms with Crippen LogP contribution in [0.4, 0.5) is 0 Å². The number of hydrogen-bond acceptors (Lipinski definition) is 5. The number of carbonyl (C=O) groups excluding carboxylic acids is 1. The minimum absolute atomic E-state index is 0.0863. The van der Waals surface area contributed by atoms with Gasteiger partial charge in [0.15, 0.2) is 5.76 Å². The van der Waals surface area contributed by atoms with Crippen molar-refractivity contribution in [2.75, 3.05) is 6.61 Å². The van der Waals surface area contributed by atoms with E-state index in [4.69, 9.17) is 20.8 Å². The van der Waals surface area contributed by atoms with Crippen molar-refractivity contribution >= 4 is 28.5 Å². The van der Waals surface area contributed by atoms with E-state index < -0.39 is 18.0 Å². The summed E-state index contributed by atoms with van der Waals surface area (Å²) in [5, 5.41) is 11.4. The second kappa shape index (κ2) is 6.37. The number of halogens is 1. The van der Waals surface area contributed by atoms with Crippen molar-refractivity contribution in [2.45, 2.75) is 6.92 Å². The van der Waals surface area contributed by atoms with Crippen LogP contribution in [0.5, 0.6) is 5.75 Å². The largest absolute Gasteiger partial charge is 0.546 e. The Morgan fingerprint density at radius 3 is 2.71 bits per heavy atom. The van der Waals surface area contributed by atoms with Gasteiger partial charge in [0, 0.05) is 5.56 Å². The Balaban J connectivity index is 2.31. The van der Waals surface area contributed by atoms with Crippen molar-refractivity contribution in [1.29, 1.82) is 0 Å². The molecule has 0 unspecified atom stereocenters. The SMILES string of the molecule is Cc1ccc2oc(-c3ccccc3Cl)c(OCC(=O)[O-])c(=O)c2c1. The van der Waals surface area contributed by atoms with E-state index in [0.717, 1.165) is 5.56 Å². The maximum Gasteiger partial charge on any atom is 0.235 e. The molecule has 0 saturated heterocycles. The maximum atomic E-state index is 12.8. The summed E-state index contributed by atoms with van der Waals surface area (Å²) in [6.07, 6.45) is 0. The average Bonchev–Trinajstić information content (AvgIpc) is 2.55. The molecule has 0 amide bonds. The molecular weight excluding hydrogens is 332 g/mol. The molecule has 0 radical (unpaired) electrons. The average molecular weight is 344 g/mol. The van der Waals surface area contributed by atoms with Crippen LogP contribution in [0.2, 0.25) is 5.02 Å². The molecule has 0 saturated carbocycles. The van der Waals surface area contributed by atoms with Gasteiger partial charge in [0.1, 0.15) is 12.2 Å². The lowest BCUT2D eigenvalue weighted by Gasteiger charge is -2.13. The lowest BCUT2D eigenvalue weighted by Crippen LogP contribution is -2.30. The fourth-order valence-electron chi connectivity index (χ4n) is 2.38. The van der Waals surface area contributed by atoms with Gasteiger partial charge in [0.25, 0.3) is 0 Å². The van der Waals surface area contributed by atoms with E-state index in [1.807, 2.05) is 13.0 Å². The van der Waals surface area contributed by atoms with E-state index >= 15 is 0 Å². The van der Waals surface area contributed by atoms with Crippen molar-refractivity contribution in [2.24, 2.45) is 0 Å². The van der Waals surface area contributed by atoms with Crippen molar-refractivity contribution in [3.63, 3.8) is 0 Å². The van der Waals surface area contributed by atoms with Gasteiger partial charge in [-0.3, -0.25) is 4.79 Å². The second-order valence-electron chi connectivity index (χ2n) is 5.23. The predicted molar refractivity (Wildman–Crippen MR) is 88.2 cm³/mol. The molecule has 3 aromatic rings. The van der Waals surface area contributed by atoms with Gasteiger partial charge < -0.3 is 19.1 Å². The molecule has 122 valence electrons. The topological polar surface area (TPSA) is 79.6 Å². The summed E-state index contributed by atoms with van der Waals surface area (Å²) < 4.78 is 11.0. The first-order valence-electron chi connectivity index (χ1n) is 7.12. The number of rotatable bonds is 4. The summed E-state index contributed by atoms with van der Waals surface area (Å²) in [5.41, 5.74) is 1.20. The van der Waals surface area contributed by atoms with E-state index in [-0.39, 0.29) is 11.5 Å². The summed E-state index contributed by atoms with van der Waals surface area (Å²) in [6.45, 7) is 1.07. The fraction of sp³-hybridized carbons (Fsp3) is 0.111. The van der Waals surface area contributed by atoms with Crippen LogP contribution in [0.3, 0.4) is 0 Å². The summed E-state index contributed by atoms with van der Waals surface area (Å²) in [6, 6.07) is 11.9. The number of ether oxygens (including phenoxy) is 1. The lowest BCUT2D eigenvalue weighted by molar-refractivity contribution is -0.307. The Bertz CT molecular complexity index is 990. The van der Waals surface area contributed by atoms with Crippen LogP contribution in [0.25, 0.3) is 22.3 Å². The first-order valence-corrected chi connectivity index (χ1v) is 7.50. The molecule has 24 heavy (non-hydrogen) atoms. The molecule has 6 heteroatoms. The number of hydrogen-bond donors (Lipinski definition) is 0. The van der Waals surface area contributed by atoms with Crippen molar-refractivity contribution in [3.8, 4) is 17.1 Å². The molecule has 0 bridgehead atoms. The molecule has 0 aliphatic heterocycles. The standard InChI is InChI=1S/C18H13ClO5/c1-10-6-7-14-12(8-10)16(22)18(23-9-15(20)21)17(24-14)11-4-2-3-5-13(11)19/h2-8H,9H2,1H3,(H,20,21)/p-1. The van der Waals surface area contributed by atoms with Crippen molar-refractivity contribution in [3.05, 3.63) is 63.3 Å². The summed E-state index contributed by atoms with van der Waals surface area (Å²) >= 11 is 6.18. The first-order chi connectivity index (χ1) is 11.5. The molecule has 0 fully saturated rings. The zero-order valence-electron chi connectivity index (χ0n) is 12.7. The highest BCUT2D eigenvalue weighted by atomic mass is 35.5. The number of carboxylic acid groups (broad SMARTS) is 1. The van der Waals surface area contributed by atoms with Gasteiger partial charge in [-0.1, -0.05) is 35.4 Å². The lowest BCUT2D eigenvalue weighted by atomic mass is 10.1. The van der Waals surface area contributed by atoms with E-state index in [2.05, 4.69) is 0 Å². The fourth-order valence-corrected chi connectivity index (χ4v) is 2.60. The Morgan fingerprint density at radius 1 is 1.25 bits per heavy atom. The molecule has 0 aliphatic carbocycles. The molecule has 0 spiro atoms. The number of fused-ring (bicyclic) bond motifs is 1. The van der Waals surface area contributed by atoms with Gasteiger partial charge >= 0.3 is 0 Å². The highest BCUT2D eigenvalue weighted by molar-refractivity contribution is 6.33. The number of aryl methyl sites for hydroxylation is 1. The van der Waals surface area contributed by atoms with Crippen LogP contribution in [0, 0.1) is 6.92 Å². The quantitative estimate of drug-likeness (QED) is 0.727. The highest BCUT2D eigenvalue weighted by Gasteiger charge is 2.19. The normalized spacial score (nSPS) is 10.8. The van der Waals surface area contributed by atoms with Crippen LogP contribution in [0.1, 0.15) is 5.56 Å². The molecule has 1 heterocycles. The Morgan fingerprint density at radius 2 is 2.00 bits per heavy atom. The third-order valence-corrected chi connectivity index (χ3v) is 3.79. The monoisotopic (exact) mass is 343 g/mol. The van der Waals surface area contributed by atoms with Gasteiger partial charge in [-0.15, -0.1) is 0 Å². The molecule has 0 N–H and O–H groups in total. The van der Waals surface area contributed by atoms with Crippen molar-refractivity contribution in [1.82, 2.24) is 0 Å². The van der Waals surface area contributed by atoms with Crippen LogP contribution in [-0.2, 0) is 4.79 Å². The maximum absolute atomic E-state index is 12.8. The van der Waals surface area contributed by atoms with E-state index in [1.165, 1.54) is 0 Å². The van der Waals surface area contributed by atoms with Crippen LogP contribution >= 0.6 is 11.6 Å². The molecule has 1 aromatic heterocycles. The van der Waals surface area contributed by atoms with Gasteiger partial charge in [-0.2, -0.15) is 0 Å². The summed E-state index contributed by atoms with van der Waals surface area (Å²) in [7, 11) is 0. The zero-order valence-corrected chi connectivity index (χ0v) is 13.4. The number of benzene rings is 2. The minimum atomic E-state index is -1.44. The van der Waals surface area contributed by atoms with Crippen LogP contribution in [-0.4, -0.2) is 12.6 Å². The summed E-state index contributed by atoms with van der Waals surface area (Å²) in [4.78, 5) is 23.5. The first kappa shape index (κ1) is 16.1. The second-order valence-corrected chi connectivity index (χ2v) is 5.64. The third-order valence-electron chi connectivity index (χ3n) is 3.46. The molecule has 0 atom stereocenters. The molecule has 2 aromatic carbocycles. The highest BCUT2D eigenvalue weighted by Crippen LogP contribution is 2.35. The third kappa shape index (κ3) is 2.98. The Labute approximate surface area is 142 Å². The van der Waals surface area contributed by atoms with Gasteiger partial charge in [0.2, 0.25) is 11.2 Å². The van der Waals surface area contributed by atoms with E-state index in [9.17, 15) is 14.7 Å². The number of carboxylic acids is 1. The Hall–Kier alpha value is -2.79. The van der Waals surface area contributed by atoms with Gasteiger partial charge in [-0.25, -0.2) is 0 Å². The molecule has 5 nitrogen and oxygen atoms in total. The predicted octanol–water partition coefficient (Wildman–Crippen LogP) is 2.55. The smallest absolute Gasteiger partial charge is 0.235 e. The van der Waals surface area contributed by atoms with E-state index in [0.29, 0.717) is 21.6 Å². The number of aliphatic carboxylic acids is 1. The molecule has 0 aliphatic rings. The van der Waals surface area contributed by atoms with Gasteiger partial charge in [0.05, 0.1) is 16.4 Å². The zero-order chi connectivity index (χ0) is 17.3. The summed E-state index contributed by atoms with van der Waals surface area (Å²) in [5.74, 6) is -1.56. The molecule has 3 rings (SSSR count). The molecular formula is C18H12ClO5-. The van der Waals surface area contributed by atoms with Gasteiger partial charge in [-0.05, 0) is 31.2 Å². The number of carbonyl (C=O) groups is 1.